The Morgan fingerprint density at radius 1 is 0.577 bits per heavy atom. The summed E-state index contributed by atoms with van der Waals surface area (Å²) in [5.41, 5.74) is 19.4. The number of hydrogen-bond donors (Lipinski definition) is 0. The fourth-order valence-electron chi connectivity index (χ4n) is 9.72. The molecular weight excluding hydrogens is 767 g/mol. The van der Waals surface area contributed by atoms with Gasteiger partial charge in [0, 0.05) is 0 Å². The van der Waals surface area contributed by atoms with Crippen LogP contribution in [0.4, 0.5) is 0 Å². The topological polar surface area (TPSA) is 0 Å². The molecule has 2 aliphatic carbocycles. The molecule has 0 heterocycles. The Morgan fingerprint density at radius 3 is 1.27 bits per heavy atom. The number of benzene rings is 4. The van der Waals surface area contributed by atoms with E-state index >= 15 is 0 Å². The number of allylic oxidation sites excluding steroid dienone is 2. The normalized spacial score (nSPS) is 19.0. The van der Waals surface area contributed by atoms with Crippen LogP contribution in [0.1, 0.15) is 132 Å². The maximum atomic E-state index is 8.98. The number of fused-ring (bicyclic) bond motifs is 2. The van der Waals surface area contributed by atoms with E-state index in [0.29, 0.717) is 23.7 Å². The van der Waals surface area contributed by atoms with Crippen LogP contribution in [0, 0.1) is 25.7 Å². The van der Waals surface area contributed by atoms with Crippen LogP contribution in [-0.4, -0.2) is 5.92 Å². The van der Waals surface area contributed by atoms with Gasteiger partial charge < -0.3 is 0 Å². The Labute approximate surface area is 324 Å². The molecule has 0 spiro atoms. The van der Waals surface area contributed by atoms with Gasteiger partial charge in [0.1, 0.15) is 0 Å². The quantitative estimate of drug-likeness (QED) is 0.132. The van der Waals surface area contributed by atoms with Gasteiger partial charge in [0.05, 0.1) is 0 Å². The fraction of sp³-hybridized carbons (Fsp3) is 0.417. The van der Waals surface area contributed by atoms with Crippen molar-refractivity contribution >= 4 is 35.1 Å². The van der Waals surface area contributed by atoms with Crippen molar-refractivity contribution in [3.05, 3.63) is 128 Å². The molecule has 0 fully saturated rings. The van der Waals surface area contributed by atoms with Gasteiger partial charge in [-0.25, -0.2) is 0 Å². The van der Waals surface area contributed by atoms with Gasteiger partial charge in [-0.2, -0.15) is 0 Å². The second kappa shape index (κ2) is 14.9. The minimum atomic E-state index is -5.02. The van der Waals surface area contributed by atoms with Gasteiger partial charge in [-0.05, 0) is 0 Å². The van der Waals surface area contributed by atoms with Gasteiger partial charge in [0.2, 0.25) is 0 Å². The van der Waals surface area contributed by atoms with Gasteiger partial charge >= 0.3 is 327 Å². The van der Waals surface area contributed by atoms with Crippen LogP contribution in [-0.2, 0) is 15.6 Å². The fourth-order valence-corrected chi connectivity index (χ4v) is 41.0. The van der Waals surface area contributed by atoms with Gasteiger partial charge in [-0.1, -0.05) is 0 Å². The SMILES string of the molecule is CCC(C)C1=Cc2c(ccc(C)c2-c2ccccc2C(C)C)[CH]1[Zr]([Cl])([Cl])([CH]1C(C(C)CC)=Cc2c1ccc(C)c2-c1ccccc1C(C)C)[SiH](C)C. The molecule has 6 rings (SSSR count). The standard InChI is InChI=1S/2C23H27.C2H7Si.2ClH.Zr/c2*1-6-16(4)19-13-18-12-11-17(5)23(22(18)14-19)21-10-8-7-9-20(21)15(2)3;1-3-2;;;/h2*7-16H,6H2,1-5H3;3H,1-2H3;2*1H;/q;;;;;+2/p-2. The molecule has 0 nitrogen and oxygen atoms in total. The van der Waals surface area contributed by atoms with Gasteiger partial charge in [0.15, 0.2) is 0 Å². The predicted molar refractivity (Wildman–Crippen MR) is 232 cm³/mol. The van der Waals surface area contributed by atoms with E-state index < -0.39 is 21.5 Å². The molecule has 0 aromatic heterocycles. The Kier molecular flexibility index (Phi) is 11.4. The molecule has 52 heavy (non-hydrogen) atoms. The summed E-state index contributed by atoms with van der Waals surface area (Å²) in [6.07, 6.45) is 7.28. The average molecular weight is 828 g/mol. The van der Waals surface area contributed by atoms with E-state index in [0.717, 1.165) is 12.8 Å². The predicted octanol–water partition coefficient (Wildman–Crippen LogP) is 15.5. The van der Waals surface area contributed by atoms with Gasteiger partial charge in [-0.15, -0.1) is 0 Å². The van der Waals surface area contributed by atoms with E-state index in [-0.39, 0.29) is 7.25 Å². The summed E-state index contributed by atoms with van der Waals surface area (Å²) in [6, 6.07) is 27.7. The summed E-state index contributed by atoms with van der Waals surface area (Å²) in [7, 11) is 18.0. The number of halogens is 2. The summed E-state index contributed by atoms with van der Waals surface area (Å²) in [5, 5.41) is 0. The van der Waals surface area contributed by atoms with E-state index in [1.165, 1.54) is 77.9 Å². The van der Waals surface area contributed by atoms with Crippen molar-refractivity contribution in [3.8, 4) is 22.3 Å². The maximum absolute atomic E-state index is 8.98. The van der Waals surface area contributed by atoms with Gasteiger partial charge in [-0.3, -0.25) is 0 Å². The van der Waals surface area contributed by atoms with E-state index in [4.69, 9.17) is 17.0 Å². The Morgan fingerprint density at radius 2 is 0.942 bits per heavy atom. The first kappa shape index (κ1) is 39.7. The van der Waals surface area contributed by atoms with Crippen LogP contribution in [0.15, 0.2) is 83.9 Å². The molecule has 0 bridgehead atoms. The second-order valence-corrected chi connectivity index (χ2v) is 59.7. The molecule has 0 saturated carbocycles. The third kappa shape index (κ3) is 6.29. The Balaban J connectivity index is 1.69. The van der Waals surface area contributed by atoms with Crippen LogP contribution in [0.3, 0.4) is 0 Å². The first-order chi connectivity index (χ1) is 24.6. The molecule has 2 aliphatic rings. The van der Waals surface area contributed by atoms with Crippen LogP contribution >= 0.6 is 17.0 Å². The number of aryl methyl sites for hydroxylation is 2. The minimum absolute atomic E-state index is 0.0723. The van der Waals surface area contributed by atoms with Crippen molar-refractivity contribution in [2.24, 2.45) is 11.8 Å². The third-order valence-electron chi connectivity index (χ3n) is 13.2. The van der Waals surface area contributed by atoms with E-state index in [9.17, 15) is 0 Å². The molecule has 0 saturated heterocycles. The van der Waals surface area contributed by atoms with Crippen molar-refractivity contribution in [2.45, 2.75) is 114 Å². The summed E-state index contributed by atoms with van der Waals surface area (Å²) in [6.45, 7) is 28.3. The summed E-state index contributed by atoms with van der Waals surface area (Å²) in [4.78, 5) is 0. The molecule has 4 atom stereocenters. The number of rotatable bonds is 11. The van der Waals surface area contributed by atoms with Crippen LogP contribution in [0.2, 0.25) is 13.1 Å². The average Bonchev–Trinajstić information content (AvgIpc) is 3.71. The van der Waals surface area contributed by atoms with Crippen LogP contribution in [0.5, 0.6) is 0 Å². The molecule has 275 valence electrons. The van der Waals surface area contributed by atoms with Crippen molar-refractivity contribution in [1.82, 2.24) is 0 Å². The summed E-state index contributed by atoms with van der Waals surface area (Å²) in [5.74, 6) is -0.108. The number of hydrogen-bond acceptors (Lipinski definition) is 0. The third-order valence-corrected chi connectivity index (χ3v) is 64.8. The van der Waals surface area contributed by atoms with E-state index in [1.807, 2.05) is 0 Å². The Hall–Kier alpha value is -1.96. The molecule has 4 heteroatoms. The molecule has 0 amide bonds. The zero-order valence-corrected chi connectivity index (χ0v) is 38.9. The van der Waals surface area contributed by atoms with Crippen LogP contribution in [0.25, 0.3) is 34.4 Å². The van der Waals surface area contributed by atoms with Crippen LogP contribution < -0.4 is 0 Å². The van der Waals surface area contributed by atoms with E-state index in [1.54, 1.807) is 0 Å². The molecule has 4 unspecified atom stereocenters. The zero-order valence-electron chi connectivity index (χ0n) is 33.8. The summed E-state index contributed by atoms with van der Waals surface area (Å²) >= 11 is -5.02. The van der Waals surface area contributed by atoms with Crippen molar-refractivity contribution < 1.29 is 15.6 Å². The van der Waals surface area contributed by atoms with Crippen molar-refractivity contribution in [2.75, 3.05) is 0 Å². The Bertz CT molecular complexity index is 1920. The molecule has 0 radical (unpaired) electrons. The molecule has 4 aromatic carbocycles. The molecular formula is C48H61Cl2SiZr. The molecule has 4 aromatic rings. The first-order valence-electron chi connectivity index (χ1n) is 20.0. The molecule has 0 aliphatic heterocycles. The molecule has 0 N–H and O–H groups in total. The van der Waals surface area contributed by atoms with Crippen molar-refractivity contribution in [1.29, 1.82) is 0 Å². The zero-order chi connectivity index (χ0) is 37.9. The monoisotopic (exact) mass is 825 g/mol. The summed E-state index contributed by atoms with van der Waals surface area (Å²) < 4.78 is 0.145. The first-order valence-corrected chi connectivity index (χ1v) is 36.3. The van der Waals surface area contributed by atoms with Crippen molar-refractivity contribution in [3.63, 3.8) is 0 Å². The van der Waals surface area contributed by atoms with Gasteiger partial charge in [0.25, 0.3) is 0 Å². The van der Waals surface area contributed by atoms with E-state index in [2.05, 4.69) is 167 Å². The second-order valence-electron chi connectivity index (χ2n) is 17.2.